The maximum Gasteiger partial charge on any atom is 0.261 e. The van der Waals surface area contributed by atoms with Gasteiger partial charge in [-0.2, -0.15) is 5.06 Å². The fraction of sp³-hybridized carbons (Fsp3) is 0.381. The molecule has 1 saturated carbocycles. The van der Waals surface area contributed by atoms with E-state index in [1.54, 1.807) is 24.4 Å². The minimum Gasteiger partial charge on any atom is -0.271 e. The molecule has 1 unspecified atom stereocenters. The van der Waals surface area contributed by atoms with Crippen molar-refractivity contribution in [2.75, 3.05) is 12.2 Å². The lowest BCUT2D eigenvalue weighted by Gasteiger charge is -2.25. The van der Waals surface area contributed by atoms with E-state index >= 15 is 0 Å². The number of aromatic nitrogens is 2. The summed E-state index contributed by atoms with van der Waals surface area (Å²) < 4.78 is 23.2. The molecule has 7 nitrogen and oxygen atoms in total. The van der Waals surface area contributed by atoms with Crippen molar-refractivity contribution in [3.8, 4) is 0 Å². The van der Waals surface area contributed by atoms with Crippen LogP contribution in [0, 0.1) is 5.92 Å². The van der Waals surface area contributed by atoms with Gasteiger partial charge in [0.05, 0.1) is 17.9 Å². The van der Waals surface area contributed by atoms with Crippen molar-refractivity contribution in [3.05, 3.63) is 48.2 Å². The fourth-order valence-electron chi connectivity index (χ4n) is 4.07. The van der Waals surface area contributed by atoms with Crippen LogP contribution in [0.15, 0.2) is 47.5 Å². The molecule has 0 saturated heterocycles. The van der Waals surface area contributed by atoms with E-state index < -0.39 is 15.0 Å². The number of carbonyl (C=O) groups is 1. The first kappa shape index (κ1) is 22.1. The number of benzene rings is 1. The zero-order chi connectivity index (χ0) is 22.0. The van der Waals surface area contributed by atoms with Gasteiger partial charge in [-0.05, 0) is 42.2 Å². The molecule has 2 aromatic heterocycles. The number of thiazole rings is 1. The predicted molar refractivity (Wildman–Crippen MR) is 121 cm³/mol. The second kappa shape index (κ2) is 9.20. The van der Waals surface area contributed by atoms with Gasteiger partial charge in [0.25, 0.3) is 15.0 Å². The highest BCUT2D eigenvalue weighted by molar-refractivity contribution is 8.13. The summed E-state index contributed by atoms with van der Waals surface area (Å²) in [5, 5.41) is 1.63. The summed E-state index contributed by atoms with van der Waals surface area (Å²) in [6, 6.07) is 9.81. The van der Waals surface area contributed by atoms with Crippen LogP contribution in [-0.4, -0.2) is 31.4 Å². The van der Waals surface area contributed by atoms with E-state index in [2.05, 4.69) is 9.97 Å². The molecule has 1 atom stereocenters. The Labute approximate surface area is 189 Å². The molecule has 0 radical (unpaired) electrons. The van der Waals surface area contributed by atoms with E-state index in [0.29, 0.717) is 23.0 Å². The maximum atomic E-state index is 13.6. The standard InChI is InChI=1S/C21H22ClN3O4S2/c1-29-25(21-24-18-7-4-12-23-19(18)30-21)20(26)17(13-14-5-2-3-6-14)15-8-10-16(11-9-15)31(22,27)28/h4,7-12,14,17H,2-3,5-6,13H2,1H3. The van der Waals surface area contributed by atoms with Crippen molar-refractivity contribution >= 4 is 52.5 Å². The number of hydrogen-bond acceptors (Lipinski definition) is 7. The first-order valence-electron chi connectivity index (χ1n) is 10.0. The van der Waals surface area contributed by atoms with Crippen LogP contribution in [0.5, 0.6) is 0 Å². The van der Waals surface area contributed by atoms with Gasteiger partial charge in [-0.3, -0.25) is 9.63 Å². The van der Waals surface area contributed by atoms with Crippen LogP contribution in [0.3, 0.4) is 0 Å². The van der Waals surface area contributed by atoms with Gasteiger partial charge in [0.15, 0.2) is 0 Å². The molecule has 3 aromatic rings. The molecule has 0 spiro atoms. The summed E-state index contributed by atoms with van der Waals surface area (Å²) in [5.74, 6) is -0.300. The summed E-state index contributed by atoms with van der Waals surface area (Å²) in [5.41, 5.74) is 1.42. The van der Waals surface area contributed by atoms with Gasteiger partial charge in [0, 0.05) is 16.9 Å². The van der Waals surface area contributed by atoms with Crippen LogP contribution in [0.1, 0.15) is 43.6 Å². The summed E-state index contributed by atoms with van der Waals surface area (Å²) in [6.07, 6.45) is 6.82. The third-order valence-electron chi connectivity index (χ3n) is 5.62. The van der Waals surface area contributed by atoms with Crippen LogP contribution >= 0.6 is 22.0 Å². The summed E-state index contributed by atoms with van der Waals surface area (Å²) in [4.78, 5) is 28.6. The molecule has 31 heavy (non-hydrogen) atoms. The van der Waals surface area contributed by atoms with Crippen molar-refractivity contribution in [2.45, 2.75) is 42.9 Å². The van der Waals surface area contributed by atoms with Gasteiger partial charge >= 0.3 is 0 Å². The van der Waals surface area contributed by atoms with Gasteiger partial charge in [0.1, 0.15) is 10.3 Å². The van der Waals surface area contributed by atoms with E-state index in [9.17, 15) is 13.2 Å². The number of fused-ring (bicyclic) bond motifs is 1. The molecule has 1 aliphatic carbocycles. The average Bonchev–Trinajstić information content (AvgIpc) is 3.41. The van der Waals surface area contributed by atoms with Crippen LogP contribution in [0.25, 0.3) is 10.3 Å². The number of hydroxylamine groups is 1. The van der Waals surface area contributed by atoms with Crippen molar-refractivity contribution in [1.82, 2.24) is 9.97 Å². The third-order valence-corrected chi connectivity index (χ3v) is 7.93. The Balaban J connectivity index is 1.68. The second-order valence-electron chi connectivity index (χ2n) is 7.58. The van der Waals surface area contributed by atoms with Crippen molar-refractivity contribution in [3.63, 3.8) is 0 Å². The molecule has 0 N–H and O–H groups in total. The average molecular weight is 480 g/mol. The number of nitrogens with zero attached hydrogens (tertiary/aromatic N) is 3. The topological polar surface area (TPSA) is 89.5 Å². The molecule has 0 bridgehead atoms. The SMILES string of the molecule is CON(C(=O)C(CC1CCCC1)c1ccc(S(=O)(=O)Cl)cc1)c1nc2cccnc2s1. The Kier molecular flexibility index (Phi) is 6.57. The lowest BCUT2D eigenvalue weighted by Crippen LogP contribution is -2.35. The van der Waals surface area contributed by atoms with Gasteiger partial charge in [-0.15, -0.1) is 0 Å². The lowest BCUT2D eigenvalue weighted by atomic mass is 9.87. The van der Waals surface area contributed by atoms with Crippen LogP contribution in [0.2, 0.25) is 0 Å². The molecule has 1 amide bonds. The van der Waals surface area contributed by atoms with Crippen LogP contribution in [0.4, 0.5) is 5.13 Å². The van der Waals surface area contributed by atoms with Crippen molar-refractivity contribution in [2.24, 2.45) is 5.92 Å². The number of pyridine rings is 1. The van der Waals surface area contributed by atoms with Crippen LogP contribution in [-0.2, 0) is 18.7 Å². The molecule has 10 heteroatoms. The van der Waals surface area contributed by atoms with E-state index in [-0.39, 0.29) is 10.8 Å². The summed E-state index contributed by atoms with van der Waals surface area (Å²) in [7, 11) is 3.05. The number of anilines is 1. The minimum absolute atomic E-state index is 0.00540. The van der Waals surface area contributed by atoms with Crippen molar-refractivity contribution in [1.29, 1.82) is 0 Å². The highest BCUT2D eigenvalue weighted by Gasteiger charge is 2.32. The first-order chi connectivity index (χ1) is 14.9. The Morgan fingerprint density at radius 2 is 1.97 bits per heavy atom. The van der Waals surface area contributed by atoms with E-state index in [1.807, 2.05) is 6.07 Å². The Hall–Kier alpha value is -2.07. The molecule has 4 rings (SSSR count). The molecular formula is C21H22ClN3O4S2. The number of rotatable bonds is 7. The van der Waals surface area contributed by atoms with Gasteiger partial charge in [-0.1, -0.05) is 49.2 Å². The zero-order valence-electron chi connectivity index (χ0n) is 16.9. The Bertz CT molecular complexity index is 1140. The maximum absolute atomic E-state index is 13.6. The monoisotopic (exact) mass is 479 g/mol. The fourth-order valence-corrected chi connectivity index (χ4v) is 5.74. The highest BCUT2D eigenvalue weighted by atomic mass is 35.7. The smallest absolute Gasteiger partial charge is 0.261 e. The van der Waals surface area contributed by atoms with Gasteiger partial charge in [-0.25, -0.2) is 18.4 Å². The van der Waals surface area contributed by atoms with Crippen LogP contribution < -0.4 is 5.06 Å². The van der Waals surface area contributed by atoms with E-state index in [0.717, 1.165) is 36.1 Å². The first-order valence-corrected chi connectivity index (χ1v) is 13.1. The summed E-state index contributed by atoms with van der Waals surface area (Å²) >= 11 is 1.28. The van der Waals surface area contributed by atoms with E-state index in [4.69, 9.17) is 15.5 Å². The second-order valence-corrected chi connectivity index (χ2v) is 11.1. The van der Waals surface area contributed by atoms with E-state index in [1.165, 1.54) is 35.6 Å². The minimum atomic E-state index is -3.83. The summed E-state index contributed by atoms with van der Waals surface area (Å²) in [6.45, 7) is 0. The molecule has 2 heterocycles. The number of hydrogen-bond donors (Lipinski definition) is 0. The largest absolute Gasteiger partial charge is 0.271 e. The molecular weight excluding hydrogens is 458 g/mol. The van der Waals surface area contributed by atoms with Gasteiger partial charge < -0.3 is 0 Å². The van der Waals surface area contributed by atoms with Crippen molar-refractivity contribution < 1.29 is 18.0 Å². The molecule has 164 valence electrons. The Morgan fingerprint density at radius 3 is 2.58 bits per heavy atom. The normalized spacial score (nSPS) is 15.9. The molecule has 1 fully saturated rings. The predicted octanol–water partition coefficient (Wildman–Crippen LogP) is 4.88. The molecule has 1 aliphatic rings. The number of amides is 1. The number of carbonyl (C=O) groups excluding carboxylic acids is 1. The quantitative estimate of drug-likeness (QED) is 0.354. The lowest BCUT2D eigenvalue weighted by molar-refractivity contribution is -0.126. The number of halogens is 1. The molecule has 0 aliphatic heterocycles. The Morgan fingerprint density at radius 1 is 1.26 bits per heavy atom. The molecule has 1 aromatic carbocycles. The van der Waals surface area contributed by atoms with Gasteiger partial charge in [0.2, 0.25) is 5.13 Å². The zero-order valence-corrected chi connectivity index (χ0v) is 19.3. The third kappa shape index (κ3) is 4.90. The highest BCUT2D eigenvalue weighted by Crippen LogP contribution is 2.37.